The Kier molecular flexibility index (Phi) is 7.39. The lowest BCUT2D eigenvalue weighted by molar-refractivity contribution is -0.126. The van der Waals surface area contributed by atoms with Crippen LogP contribution in [0, 0.1) is 0 Å². The van der Waals surface area contributed by atoms with E-state index in [1.54, 1.807) is 25.1 Å². The first-order valence-electron chi connectivity index (χ1n) is 8.35. The van der Waals surface area contributed by atoms with Crippen molar-refractivity contribution in [3.05, 3.63) is 29.3 Å². The summed E-state index contributed by atoms with van der Waals surface area (Å²) in [6.45, 7) is 3.78. The van der Waals surface area contributed by atoms with Crippen molar-refractivity contribution in [3.8, 4) is 0 Å². The van der Waals surface area contributed by atoms with Crippen LogP contribution in [0.3, 0.4) is 0 Å². The van der Waals surface area contributed by atoms with Crippen LogP contribution in [0.4, 0.5) is 0 Å². The van der Waals surface area contributed by atoms with Gasteiger partial charge in [-0.3, -0.25) is 14.5 Å². The van der Waals surface area contributed by atoms with Crippen molar-refractivity contribution in [1.82, 2.24) is 19.8 Å². The molecule has 1 aliphatic rings. The molecule has 10 heteroatoms. The van der Waals surface area contributed by atoms with Gasteiger partial charge in [-0.2, -0.15) is 4.31 Å². The number of nitrogens with one attached hydrogen (secondary N) is 2. The summed E-state index contributed by atoms with van der Waals surface area (Å²) in [6, 6.07) is 6.34. The summed E-state index contributed by atoms with van der Waals surface area (Å²) in [6.07, 6.45) is 0. The molecule has 0 aromatic heterocycles. The smallest absolute Gasteiger partial charge is 0.244 e. The molecule has 0 radical (unpaired) electrons. The van der Waals surface area contributed by atoms with Crippen LogP contribution < -0.4 is 10.6 Å². The molecule has 0 aliphatic carbocycles. The first kappa shape index (κ1) is 20.6. The topological polar surface area (TPSA) is 98.8 Å². The minimum Gasteiger partial charge on any atom is -0.355 e. The molecule has 1 aliphatic heterocycles. The average molecular weight is 403 g/mol. The van der Waals surface area contributed by atoms with Gasteiger partial charge in [-0.25, -0.2) is 8.42 Å². The number of likely N-dealkylation sites (N-methyl/N-ethyl adjacent to an activating group) is 1. The van der Waals surface area contributed by atoms with E-state index < -0.39 is 10.0 Å². The maximum absolute atomic E-state index is 12.7. The van der Waals surface area contributed by atoms with Crippen molar-refractivity contribution in [3.63, 3.8) is 0 Å². The minimum atomic E-state index is -3.65. The number of nitrogens with zero attached hydrogens (tertiary/aromatic N) is 2. The Labute approximate surface area is 158 Å². The predicted octanol–water partition coefficient (Wildman–Crippen LogP) is -0.101. The van der Waals surface area contributed by atoms with Crippen LogP contribution in [0.2, 0.25) is 5.02 Å². The second kappa shape index (κ2) is 9.31. The third-order valence-electron chi connectivity index (χ3n) is 3.97. The molecule has 0 bridgehead atoms. The maximum atomic E-state index is 12.7. The molecule has 2 amide bonds. The molecule has 0 unspecified atom stereocenters. The second-order valence-corrected chi connectivity index (χ2v) is 8.15. The molecule has 0 spiro atoms. The van der Waals surface area contributed by atoms with Crippen LogP contribution in [0.1, 0.15) is 6.92 Å². The van der Waals surface area contributed by atoms with Crippen molar-refractivity contribution < 1.29 is 18.0 Å². The number of halogens is 1. The highest BCUT2D eigenvalue weighted by molar-refractivity contribution is 7.89. The number of sulfonamides is 1. The summed E-state index contributed by atoms with van der Waals surface area (Å²) < 4.78 is 26.7. The van der Waals surface area contributed by atoms with E-state index in [1.165, 1.54) is 10.4 Å². The van der Waals surface area contributed by atoms with Gasteiger partial charge in [0, 0.05) is 32.7 Å². The summed E-state index contributed by atoms with van der Waals surface area (Å²) in [5.74, 6) is -0.504. The number of benzene rings is 1. The SMILES string of the molecule is CCNC(=O)CNC(=O)CN1CCN(S(=O)(=O)c2ccccc2Cl)CC1. The van der Waals surface area contributed by atoms with E-state index >= 15 is 0 Å². The Bertz CT molecular complexity index is 748. The summed E-state index contributed by atoms with van der Waals surface area (Å²) in [7, 11) is -3.65. The lowest BCUT2D eigenvalue weighted by Crippen LogP contribution is -2.51. The van der Waals surface area contributed by atoms with Gasteiger partial charge in [0.1, 0.15) is 4.90 Å². The van der Waals surface area contributed by atoms with Crippen molar-refractivity contribution >= 4 is 33.4 Å². The fourth-order valence-electron chi connectivity index (χ4n) is 2.62. The van der Waals surface area contributed by atoms with E-state index in [2.05, 4.69) is 10.6 Å². The Morgan fingerprint density at radius 3 is 2.35 bits per heavy atom. The largest absolute Gasteiger partial charge is 0.355 e. The highest BCUT2D eigenvalue weighted by Crippen LogP contribution is 2.24. The molecule has 1 heterocycles. The molecule has 1 fully saturated rings. The molecule has 8 nitrogen and oxygen atoms in total. The van der Waals surface area contributed by atoms with E-state index in [9.17, 15) is 18.0 Å². The zero-order valence-corrected chi connectivity index (χ0v) is 16.1. The normalized spacial score (nSPS) is 16.2. The Morgan fingerprint density at radius 1 is 1.08 bits per heavy atom. The number of carbonyl (C=O) groups excluding carboxylic acids is 2. The van der Waals surface area contributed by atoms with Crippen LogP contribution in [0.25, 0.3) is 0 Å². The number of carbonyl (C=O) groups is 2. The molecular formula is C16H23ClN4O4S. The monoisotopic (exact) mass is 402 g/mol. The summed E-state index contributed by atoms with van der Waals surface area (Å²) in [5.41, 5.74) is 0. The van der Waals surface area contributed by atoms with Crippen molar-refractivity contribution in [1.29, 1.82) is 0 Å². The summed E-state index contributed by atoms with van der Waals surface area (Å²) in [4.78, 5) is 25.2. The van der Waals surface area contributed by atoms with E-state index in [0.29, 0.717) is 19.6 Å². The van der Waals surface area contributed by atoms with E-state index in [0.717, 1.165) is 0 Å². The van der Waals surface area contributed by atoms with Gasteiger partial charge in [0.15, 0.2) is 0 Å². The minimum absolute atomic E-state index is 0.0620. The van der Waals surface area contributed by atoms with Crippen LogP contribution in [-0.2, 0) is 19.6 Å². The standard InChI is InChI=1S/C16H23ClN4O4S/c1-2-18-15(22)11-19-16(23)12-20-7-9-21(10-8-20)26(24,25)14-6-4-3-5-13(14)17/h3-6H,2,7-12H2,1H3,(H,18,22)(H,19,23). The summed E-state index contributed by atoms with van der Waals surface area (Å²) >= 11 is 6.01. The van der Waals surface area contributed by atoms with Gasteiger partial charge in [0.05, 0.1) is 18.1 Å². The first-order valence-corrected chi connectivity index (χ1v) is 10.2. The van der Waals surface area contributed by atoms with Gasteiger partial charge in [-0.05, 0) is 19.1 Å². The molecule has 0 saturated carbocycles. The van der Waals surface area contributed by atoms with E-state index in [-0.39, 0.29) is 47.9 Å². The fourth-order valence-corrected chi connectivity index (χ4v) is 4.53. The van der Waals surface area contributed by atoms with Crippen LogP contribution in [0.5, 0.6) is 0 Å². The Morgan fingerprint density at radius 2 is 1.73 bits per heavy atom. The van der Waals surface area contributed by atoms with E-state index in [4.69, 9.17) is 11.6 Å². The average Bonchev–Trinajstić information content (AvgIpc) is 2.61. The highest BCUT2D eigenvalue weighted by atomic mass is 35.5. The van der Waals surface area contributed by atoms with E-state index in [1.807, 2.05) is 4.90 Å². The summed E-state index contributed by atoms with van der Waals surface area (Å²) in [5, 5.41) is 5.34. The Balaban J connectivity index is 1.84. The lowest BCUT2D eigenvalue weighted by atomic mass is 10.3. The maximum Gasteiger partial charge on any atom is 0.244 e. The predicted molar refractivity (Wildman–Crippen MR) is 98.3 cm³/mol. The van der Waals surface area contributed by atoms with Crippen molar-refractivity contribution in [2.45, 2.75) is 11.8 Å². The Hall–Kier alpha value is -1.68. The quantitative estimate of drug-likeness (QED) is 0.663. The van der Waals surface area contributed by atoms with Crippen LogP contribution in [-0.4, -0.2) is 75.3 Å². The molecule has 144 valence electrons. The fraction of sp³-hybridized carbons (Fsp3) is 0.500. The number of hydrogen-bond donors (Lipinski definition) is 2. The van der Waals surface area contributed by atoms with Crippen molar-refractivity contribution in [2.24, 2.45) is 0 Å². The van der Waals surface area contributed by atoms with Crippen LogP contribution in [0.15, 0.2) is 29.2 Å². The third-order valence-corrected chi connectivity index (χ3v) is 6.37. The number of hydrogen-bond acceptors (Lipinski definition) is 5. The molecular weight excluding hydrogens is 380 g/mol. The lowest BCUT2D eigenvalue weighted by Gasteiger charge is -2.33. The molecule has 26 heavy (non-hydrogen) atoms. The van der Waals surface area contributed by atoms with Gasteiger partial charge in [0.2, 0.25) is 21.8 Å². The third kappa shape index (κ3) is 5.41. The molecule has 0 atom stereocenters. The molecule has 1 aromatic carbocycles. The number of piperazine rings is 1. The van der Waals surface area contributed by atoms with Crippen molar-refractivity contribution in [2.75, 3.05) is 45.8 Å². The molecule has 2 N–H and O–H groups in total. The van der Waals surface area contributed by atoms with Gasteiger partial charge < -0.3 is 10.6 Å². The van der Waals surface area contributed by atoms with Gasteiger partial charge in [0.25, 0.3) is 0 Å². The second-order valence-electron chi connectivity index (χ2n) is 5.84. The zero-order valence-electron chi connectivity index (χ0n) is 14.6. The van der Waals surface area contributed by atoms with Gasteiger partial charge in [-0.1, -0.05) is 23.7 Å². The first-order chi connectivity index (χ1) is 12.3. The van der Waals surface area contributed by atoms with Gasteiger partial charge >= 0.3 is 0 Å². The molecule has 1 aromatic rings. The number of amides is 2. The highest BCUT2D eigenvalue weighted by Gasteiger charge is 2.30. The number of rotatable bonds is 7. The molecule has 1 saturated heterocycles. The zero-order chi connectivity index (χ0) is 19.2. The van der Waals surface area contributed by atoms with Gasteiger partial charge in [-0.15, -0.1) is 0 Å². The molecule has 2 rings (SSSR count). The van der Waals surface area contributed by atoms with Crippen LogP contribution >= 0.6 is 11.6 Å².